The number of amides is 6. The van der Waals surface area contributed by atoms with E-state index >= 15 is 0 Å². The number of benzene rings is 1. The zero-order valence-corrected chi connectivity index (χ0v) is 31.0. The van der Waals surface area contributed by atoms with Gasteiger partial charge in [0.1, 0.15) is 18.1 Å². The van der Waals surface area contributed by atoms with Crippen molar-refractivity contribution in [2.24, 2.45) is 35.0 Å². The summed E-state index contributed by atoms with van der Waals surface area (Å²) < 4.78 is 0. The number of carboxylic acid groups (broad SMARTS) is 1. The first-order valence-corrected chi connectivity index (χ1v) is 17.4. The lowest BCUT2D eigenvalue weighted by Crippen LogP contribution is -2.62. The predicted molar refractivity (Wildman–Crippen MR) is 193 cm³/mol. The van der Waals surface area contributed by atoms with Crippen molar-refractivity contribution in [2.45, 2.75) is 103 Å². The van der Waals surface area contributed by atoms with Crippen LogP contribution in [0.2, 0.25) is 0 Å². The Kier molecular flexibility index (Phi) is 19.5. The Morgan fingerprint density at radius 2 is 1.33 bits per heavy atom. The average Bonchev–Trinajstić information content (AvgIpc) is 3.04. The number of primary amides is 2. The van der Waals surface area contributed by atoms with E-state index in [-0.39, 0.29) is 24.8 Å². The molecule has 0 aliphatic carbocycles. The van der Waals surface area contributed by atoms with E-state index < -0.39 is 103 Å². The van der Waals surface area contributed by atoms with Crippen LogP contribution in [0.5, 0.6) is 0 Å². The van der Waals surface area contributed by atoms with E-state index in [0.29, 0.717) is 18.4 Å². The number of carbonyl (C=O) groups is 7. The number of rotatable bonds is 24. The van der Waals surface area contributed by atoms with E-state index in [1.807, 2.05) is 27.7 Å². The number of aliphatic carboxylic acids is 1. The van der Waals surface area contributed by atoms with Crippen molar-refractivity contribution in [2.75, 3.05) is 19.7 Å². The fourth-order valence-electron chi connectivity index (χ4n) is 5.50. The molecule has 0 spiro atoms. The molecule has 0 aromatic heterocycles. The molecule has 17 heteroatoms. The van der Waals surface area contributed by atoms with Gasteiger partial charge in [0.05, 0.1) is 31.7 Å². The van der Waals surface area contributed by atoms with Crippen molar-refractivity contribution in [3.8, 4) is 0 Å². The van der Waals surface area contributed by atoms with Gasteiger partial charge in [-0.05, 0) is 36.2 Å². The van der Waals surface area contributed by atoms with E-state index in [9.17, 15) is 38.7 Å². The molecule has 0 heterocycles. The number of aliphatic hydroxyl groups is 1. The van der Waals surface area contributed by atoms with E-state index in [1.165, 1.54) is 4.90 Å². The van der Waals surface area contributed by atoms with Gasteiger partial charge in [-0.2, -0.15) is 0 Å². The summed E-state index contributed by atoms with van der Waals surface area (Å²) in [5, 5.41) is 29.4. The van der Waals surface area contributed by atoms with Gasteiger partial charge in [0.2, 0.25) is 35.4 Å². The van der Waals surface area contributed by atoms with Gasteiger partial charge in [-0.15, -0.1) is 0 Å². The minimum atomic E-state index is -1.59. The summed E-state index contributed by atoms with van der Waals surface area (Å²) in [6, 6.07) is 1.68. The summed E-state index contributed by atoms with van der Waals surface area (Å²) in [7, 11) is 0. The second-order valence-electron chi connectivity index (χ2n) is 14.1. The highest BCUT2D eigenvalue weighted by molar-refractivity contribution is 5.96. The van der Waals surface area contributed by atoms with Crippen molar-refractivity contribution >= 4 is 41.4 Å². The molecule has 52 heavy (non-hydrogen) atoms. The Hall–Kier alpha value is -4.61. The summed E-state index contributed by atoms with van der Waals surface area (Å²) in [4.78, 5) is 90.8. The summed E-state index contributed by atoms with van der Waals surface area (Å²) >= 11 is 0. The molecule has 17 nitrogen and oxygen atoms in total. The molecule has 0 fully saturated rings. The standard InChI is InChI=1S/C35H58N8O9/c1-19(2)12-23(16-39-25(31(38)48)13-20(3)4)43(17-28(37)45)35(52)30(21(5)6)42-33(50)26(14-22-10-8-7-9-11-22)40-34(51)27(18-44)41-32(49)24(36)15-29(46)47/h7-11,19-21,23-27,30,39,44H,12-18,36H2,1-6H3,(H2,37,45)(H2,38,48)(H,40,51)(H,41,49)(H,42,50)(H,46,47)/t23-,24-,25-,26-,27-,30-/m0/s1. The highest BCUT2D eigenvalue weighted by Gasteiger charge is 2.36. The van der Waals surface area contributed by atoms with Crippen molar-refractivity contribution in [3.05, 3.63) is 35.9 Å². The Morgan fingerprint density at radius 1 is 0.769 bits per heavy atom. The van der Waals surface area contributed by atoms with Crippen LogP contribution in [0.15, 0.2) is 30.3 Å². The molecule has 12 N–H and O–H groups in total. The van der Waals surface area contributed by atoms with E-state index in [4.69, 9.17) is 22.3 Å². The molecule has 0 aliphatic rings. The van der Waals surface area contributed by atoms with Gasteiger partial charge in [-0.3, -0.25) is 33.6 Å². The quantitative estimate of drug-likeness (QED) is 0.0580. The molecule has 1 aromatic rings. The third-order valence-corrected chi connectivity index (χ3v) is 8.14. The highest BCUT2D eigenvalue weighted by atomic mass is 16.4. The molecule has 6 amide bonds. The number of nitrogens with two attached hydrogens (primary N) is 3. The molecular weight excluding hydrogens is 676 g/mol. The first-order chi connectivity index (χ1) is 24.3. The van der Waals surface area contributed by atoms with Crippen LogP contribution in [0.1, 0.15) is 66.4 Å². The van der Waals surface area contributed by atoms with Gasteiger partial charge in [-0.1, -0.05) is 71.9 Å². The highest BCUT2D eigenvalue weighted by Crippen LogP contribution is 2.17. The number of nitrogens with one attached hydrogen (secondary N) is 4. The lowest BCUT2D eigenvalue weighted by atomic mass is 9.96. The van der Waals surface area contributed by atoms with E-state index in [1.54, 1.807) is 44.2 Å². The maximum Gasteiger partial charge on any atom is 0.305 e. The van der Waals surface area contributed by atoms with Crippen molar-refractivity contribution in [1.82, 2.24) is 26.2 Å². The third kappa shape index (κ3) is 16.2. The molecule has 1 aromatic carbocycles. The van der Waals surface area contributed by atoms with Crippen LogP contribution in [0.25, 0.3) is 0 Å². The van der Waals surface area contributed by atoms with Gasteiger partial charge in [0, 0.05) is 19.0 Å². The predicted octanol–water partition coefficient (Wildman–Crippen LogP) is -1.65. The summed E-state index contributed by atoms with van der Waals surface area (Å²) in [6.07, 6.45) is 0.0781. The van der Waals surface area contributed by atoms with Crippen LogP contribution in [-0.2, 0) is 40.0 Å². The lowest BCUT2D eigenvalue weighted by Gasteiger charge is -2.37. The maximum atomic E-state index is 14.3. The lowest BCUT2D eigenvalue weighted by molar-refractivity contribution is -0.143. The van der Waals surface area contributed by atoms with E-state index in [2.05, 4.69) is 21.3 Å². The molecule has 6 atom stereocenters. The van der Waals surface area contributed by atoms with Crippen LogP contribution in [0, 0.1) is 17.8 Å². The van der Waals surface area contributed by atoms with Gasteiger partial charge >= 0.3 is 5.97 Å². The summed E-state index contributed by atoms with van der Waals surface area (Å²) in [5.74, 6) is -6.40. The van der Waals surface area contributed by atoms with Gasteiger partial charge in [0.15, 0.2) is 0 Å². The Balaban J connectivity index is 3.44. The van der Waals surface area contributed by atoms with Gasteiger partial charge in [-0.25, -0.2) is 0 Å². The van der Waals surface area contributed by atoms with Crippen molar-refractivity contribution in [1.29, 1.82) is 0 Å². The molecule has 0 bridgehead atoms. The second-order valence-corrected chi connectivity index (χ2v) is 14.1. The van der Waals surface area contributed by atoms with Crippen molar-refractivity contribution < 1.29 is 43.8 Å². The molecule has 0 saturated carbocycles. The van der Waals surface area contributed by atoms with E-state index in [0.717, 1.165) is 0 Å². The molecule has 1 rings (SSSR count). The number of hydrogen-bond donors (Lipinski definition) is 9. The minimum absolute atomic E-state index is 0.0447. The van der Waals surface area contributed by atoms with Crippen LogP contribution >= 0.6 is 0 Å². The topological polar surface area (TPSA) is 289 Å². The molecule has 0 saturated heterocycles. The first-order valence-electron chi connectivity index (χ1n) is 17.4. The number of hydrogen-bond acceptors (Lipinski definition) is 10. The number of nitrogens with zero attached hydrogens (tertiary/aromatic N) is 1. The monoisotopic (exact) mass is 734 g/mol. The summed E-state index contributed by atoms with van der Waals surface area (Å²) in [6.45, 7) is 9.85. The molecule has 0 unspecified atom stereocenters. The Labute approximate surface area is 305 Å². The molecule has 0 radical (unpaired) electrons. The normalized spacial score (nSPS) is 14.8. The van der Waals surface area contributed by atoms with Gasteiger partial charge in [0.25, 0.3) is 0 Å². The maximum absolute atomic E-state index is 14.3. The zero-order chi connectivity index (χ0) is 39.7. The van der Waals surface area contributed by atoms with Gasteiger partial charge < -0.3 is 53.6 Å². The summed E-state index contributed by atoms with van der Waals surface area (Å²) in [5.41, 5.74) is 17.5. The number of carbonyl (C=O) groups excluding carboxylic acids is 6. The van der Waals surface area contributed by atoms with Crippen LogP contribution in [0.3, 0.4) is 0 Å². The SMILES string of the molecule is CC(C)C[C@@H](CN[C@@H](CC(C)C)C(N)=O)N(CC(N)=O)C(=O)[C@@H](NC(=O)[C@H](Cc1ccccc1)NC(=O)[C@H](CO)NC(=O)[C@@H](N)CC(=O)O)C(C)C. The smallest absolute Gasteiger partial charge is 0.305 e. The third-order valence-electron chi connectivity index (χ3n) is 8.14. The zero-order valence-electron chi connectivity index (χ0n) is 31.0. The van der Waals surface area contributed by atoms with Crippen LogP contribution in [-0.4, -0.2) is 112 Å². The van der Waals surface area contributed by atoms with Crippen molar-refractivity contribution in [3.63, 3.8) is 0 Å². The molecular formula is C35H58N8O9. The van der Waals surface area contributed by atoms with Crippen LogP contribution in [0.4, 0.5) is 0 Å². The second kappa shape index (κ2) is 22.4. The fraction of sp³-hybridized carbons (Fsp3) is 0.629. The fourth-order valence-corrected chi connectivity index (χ4v) is 5.50. The number of aliphatic hydroxyl groups excluding tert-OH is 1. The molecule has 0 aliphatic heterocycles. The van der Waals surface area contributed by atoms with Crippen LogP contribution < -0.4 is 38.5 Å². The largest absolute Gasteiger partial charge is 0.481 e. The number of carboxylic acids is 1. The average molecular weight is 735 g/mol. The Bertz CT molecular complexity index is 1360. The first kappa shape index (κ1) is 45.4. The minimum Gasteiger partial charge on any atom is -0.481 e. The Morgan fingerprint density at radius 3 is 1.81 bits per heavy atom. The molecule has 292 valence electrons.